The maximum absolute atomic E-state index is 11.1. The number of carbonyl (C=O) groups is 1. The van der Waals surface area contributed by atoms with Gasteiger partial charge in [0.25, 0.3) is 0 Å². The first kappa shape index (κ1) is 9.47. The molecule has 0 bridgehead atoms. The van der Waals surface area contributed by atoms with Crippen LogP contribution in [0.4, 0.5) is 10.5 Å². The summed E-state index contributed by atoms with van der Waals surface area (Å²) in [4.78, 5) is 16.3. The molecule has 0 unspecified atom stereocenters. The third-order valence-electron chi connectivity index (χ3n) is 1.61. The third-order valence-corrected chi connectivity index (χ3v) is 1.61. The number of pyridine rings is 1. The predicted molar refractivity (Wildman–Crippen MR) is 47.6 cm³/mol. The van der Waals surface area contributed by atoms with E-state index in [0.717, 1.165) is 0 Å². The van der Waals surface area contributed by atoms with Crippen LogP contribution in [-0.2, 0) is 0 Å². The summed E-state index contributed by atoms with van der Waals surface area (Å²) in [6.07, 6.45) is 3.17. The van der Waals surface area contributed by atoms with Gasteiger partial charge in [-0.2, -0.15) is 0 Å². The van der Waals surface area contributed by atoms with Crippen LogP contribution < -0.4 is 10.4 Å². The largest absolute Gasteiger partial charge is 0.345 e. The molecule has 0 fully saturated rings. The highest BCUT2D eigenvalue weighted by molar-refractivity contribution is 5.90. The van der Waals surface area contributed by atoms with Crippen molar-refractivity contribution in [2.24, 2.45) is 0 Å². The van der Waals surface area contributed by atoms with E-state index in [2.05, 4.69) is 4.98 Å². The van der Waals surface area contributed by atoms with Gasteiger partial charge in [0.1, 0.15) is 0 Å². The molecule has 1 aromatic heterocycles. The number of aromatic nitrogens is 1. The summed E-state index contributed by atoms with van der Waals surface area (Å²) in [6.45, 7) is 2.28. The van der Waals surface area contributed by atoms with Gasteiger partial charge in [-0.25, -0.2) is 10.3 Å². The summed E-state index contributed by atoms with van der Waals surface area (Å²) in [7, 11) is 0. The molecule has 0 aliphatic heterocycles. The van der Waals surface area contributed by atoms with Crippen molar-refractivity contribution in [2.45, 2.75) is 6.92 Å². The lowest BCUT2D eigenvalue weighted by Gasteiger charge is -2.18. The van der Waals surface area contributed by atoms with Crippen LogP contribution in [-0.4, -0.2) is 22.8 Å². The second-order valence-corrected chi connectivity index (χ2v) is 2.37. The molecule has 5 heteroatoms. The van der Waals surface area contributed by atoms with Crippen LogP contribution in [0.1, 0.15) is 6.92 Å². The molecule has 0 spiro atoms. The molecule has 70 valence electrons. The molecule has 1 aromatic rings. The van der Waals surface area contributed by atoms with Crippen LogP contribution in [0.25, 0.3) is 0 Å². The van der Waals surface area contributed by atoms with E-state index in [9.17, 15) is 4.79 Å². The van der Waals surface area contributed by atoms with E-state index in [1.165, 1.54) is 4.90 Å². The summed E-state index contributed by atoms with van der Waals surface area (Å²) in [5.41, 5.74) is 2.22. The van der Waals surface area contributed by atoms with E-state index in [-0.39, 0.29) is 0 Å². The summed E-state index contributed by atoms with van der Waals surface area (Å²) >= 11 is 0. The summed E-state index contributed by atoms with van der Waals surface area (Å²) in [5, 5.41) is 8.44. The van der Waals surface area contributed by atoms with Crippen molar-refractivity contribution in [2.75, 3.05) is 11.4 Å². The summed E-state index contributed by atoms with van der Waals surface area (Å²) < 4.78 is 0. The molecule has 2 amide bonds. The van der Waals surface area contributed by atoms with E-state index in [1.807, 2.05) is 6.92 Å². The number of amides is 2. The fraction of sp³-hybridized carbons (Fsp3) is 0.250. The monoisotopic (exact) mass is 181 g/mol. The predicted octanol–water partition coefficient (Wildman–Crippen LogP) is 1.01. The van der Waals surface area contributed by atoms with Crippen LogP contribution in [0.3, 0.4) is 0 Å². The van der Waals surface area contributed by atoms with Crippen LogP contribution in [0.15, 0.2) is 24.5 Å². The Hall–Kier alpha value is -1.62. The summed E-state index contributed by atoms with van der Waals surface area (Å²) in [6, 6.07) is 2.91. The number of hydrogen-bond acceptors (Lipinski definition) is 3. The van der Waals surface area contributed by atoms with Crippen molar-refractivity contribution in [1.82, 2.24) is 10.5 Å². The quantitative estimate of drug-likeness (QED) is 0.528. The van der Waals surface area contributed by atoms with Gasteiger partial charge in [0.2, 0.25) is 0 Å². The van der Waals surface area contributed by atoms with E-state index < -0.39 is 6.03 Å². The smallest absolute Gasteiger partial charge is 0.291 e. The van der Waals surface area contributed by atoms with Gasteiger partial charge in [-0.05, 0) is 19.1 Å². The second-order valence-electron chi connectivity index (χ2n) is 2.37. The first-order valence-electron chi connectivity index (χ1n) is 3.91. The molecule has 0 aromatic carbocycles. The third kappa shape index (κ3) is 2.16. The molecule has 5 nitrogen and oxygen atoms in total. The normalized spacial score (nSPS) is 9.38. The first-order valence-corrected chi connectivity index (χ1v) is 3.91. The minimum Gasteiger partial charge on any atom is -0.291 e. The molecule has 0 aliphatic rings. The number of nitrogens with one attached hydrogen (secondary N) is 1. The van der Waals surface area contributed by atoms with E-state index in [1.54, 1.807) is 30.0 Å². The molecule has 2 N–H and O–H groups in total. The molecule has 0 saturated carbocycles. The van der Waals surface area contributed by atoms with Crippen molar-refractivity contribution in [1.29, 1.82) is 0 Å². The van der Waals surface area contributed by atoms with Crippen molar-refractivity contribution in [3.05, 3.63) is 24.5 Å². The maximum atomic E-state index is 11.1. The molecular weight excluding hydrogens is 170 g/mol. The van der Waals surface area contributed by atoms with E-state index in [0.29, 0.717) is 12.2 Å². The Morgan fingerprint density at radius 3 is 3.00 bits per heavy atom. The highest BCUT2D eigenvalue weighted by Crippen LogP contribution is 2.10. The van der Waals surface area contributed by atoms with E-state index >= 15 is 0 Å². The average Bonchev–Trinajstić information content (AvgIpc) is 2.20. The molecule has 0 saturated heterocycles. The molecule has 13 heavy (non-hydrogen) atoms. The Bertz CT molecular complexity index is 276. The molecule has 0 atom stereocenters. The van der Waals surface area contributed by atoms with E-state index in [4.69, 9.17) is 5.21 Å². The van der Waals surface area contributed by atoms with Gasteiger partial charge < -0.3 is 0 Å². The van der Waals surface area contributed by atoms with Gasteiger partial charge in [0, 0.05) is 12.7 Å². The zero-order valence-electron chi connectivity index (χ0n) is 7.27. The fourth-order valence-electron chi connectivity index (χ4n) is 1.02. The maximum Gasteiger partial charge on any atom is 0.345 e. The Morgan fingerprint density at radius 2 is 2.54 bits per heavy atom. The Balaban J connectivity index is 2.85. The molecule has 0 radical (unpaired) electrons. The topological polar surface area (TPSA) is 65.5 Å². The molecule has 1 heterocycles. The SMILES string of the molecule is CCN(C(=O)NO)c1cccnc1. The minimum atomic E-state index is -0.560. The average molecular weight is 181 g/mol. The van der Waals surface area contributed by atoms with Gasteiger partial charge in [0.15, 0.2) is 0 Å². The Morgan fingerprint density at radius 1 is 1.77 bits per heavy atom. The van der Waals surface area contributed by atoms with Crippen LogP contribution in [0.5, 0.6) is 0 Å². The number of hydroxylamine groups is 1. The summed E-state index contributed by atoms with van der Waals surface area (Å²) in [5.74, 6) is 0. The number of carbonyl (C=O) groups excluding carboxylic acids is 1. The zero-order chi connectivity index (χ0) is 9.68. The second kappa shape index (κ2) is 4.42. The number of anilines is 1. The first-order chi connectivity index (χ1) is 6.29. The Labute approximate surface area is 76.0 Å². The van der Waals surface area contributed by atoms with Gasteiger partial charge in [-0.1, -0.05) is 0 Å². The van der Waals surface area contributed by atoms with Gasteiger partial charge in [-0.3, -0.25) is 15.1 Å². The lowest BCUT2D eigenvalue weighted by atomic mass is 10.4. The lowest BCUT2D eigenvalue weighted by molar-refractivity contribution is 0.167. The highest BCUT2D eigenvalue weighted by Gasteiger charge is 2.11. The number of urea groups is 1. The number of hydrogen-bond donors (Lipinski definition) is 2. The van der Waals surface area contributed by atoms with Crippen molar-refractivity contribution in [3.8, 4) is 0 Å². The zero-order valence-corrected chi connectivity index (χ0v) is 7.27. The van der Waals surface area contributed by atoms with Gasteiger partial charge in [-0.15, -0.1) is 0 Å². The minimum absolute atomic E-state index is 0.470. The molecular formula is C8H11N3O2. The number of nitrogens with zero attached hydrogens (tertiary/aromatic N) is 2. The van der Waals surface area contributed by atoms with Crippen molar-refractivity contribution in [3.63, 3.8) is 0 Å². The van der Waals surface area contributed by atoms with Crippen LogP contribution in [0.2, 0.25) is 0 Å². The van der Waals surface area contributed by atoms with Gasteiger partial charge >= 0.3 is 6.03 Å². The highest BCUT2D eigenvalue weighted by atomic mass is 16.5. The molecule has 1 rings (SSSR count). The Kier molecular flexibility index (Phi) is 3.22. The number of rotatable bonds is 2. The van der Waals surface area contributed by atoms with Crippen molar-refractivity contribution >= 4 is 11.7 Å². The molecule has 0 aliphatic carbocycles. The standard InChI is InChI=1S/C8H11N3O2/c1-2-11(8(12)10-13)7-4-3-5-9-6-7/h3-6,13H,2H2,1H3,(H,10,12). The van der Waals surface area contributed by atoms with Crippen LogP contribution >= 0.6 is 0 Å². The van der Waals surface area contributed by atoms with Gasteiger partial charge in [0.05, 0.1) is 11.9 Å². The fourth-order valence-corrected chi connectivity index (χ4v) is 1.02. The van der Waals surface area contributed by atoms with Crippen molar-refractivity contribution < 1.29 is 10.0 Å². The van der Waals surface area contributed by atoms with Crippen LogP contribution in [0, 0.1) is 0 Å². The lowest BCUT2D eigenvalue weighted by Crippen LogP contribution is -2.38.